The molecule has 396 valence electrons. The van der Waals surface area contributed by atoms with Crippen LogP contribution in [0.3, 0.4) is 0 Å². The highest BCUT2D eigenvalue weighted by atomic mass is 32.2. The molecule has 0 atom stereocenters. The molecule has 0 radical (unpaired) electrons. The number of rotatable bonds is 10. The lowest BCUT2D eigenvalue weighted by Gasteiger charge is -2.22. The molecule has 0 amide bonds. The Balaban J connectivity index is 0.000000155. The van der Waals surface area contributed by atoms with Gasteiger partial charge >= 0.3 is 0 Å². The van der Waals surface area contributed by atoms with Gasteiger partial charge < -0.3 is 9.11 Å². The van der Waals surface area contributed by atoms with E-state index in [9.17, 15) is 47.9 Å². The SMILES string of the molecule is Cc1ccc(S(=O)(=O)[O-])cc1.O=S(=O)([O-])c1c(F)c(F)c(F)c(F)c1F.c1ccc([S+](c2ccccc2)c2ccc(C3CCCCC3)cc2)cc1.c1ccc([S+](c2ccccc2)c2ccc(C3CCCCC3)cc2)cc1. The van der Waals surface area contributed by atoms with Gasteiger partial charge in [-0.25, -0.2) is 38.8 Å². The number of hydrogen-bond acceptors (Lipinski definition) is 6. The van der Waals surface area contributed by atoms with Gasteiger partial charge in [-0.2, -0.15) is 0 Å². The summed E-state index contributed by atoms with van der Waals surface area (Å²) in [6, 6.07) is 68.4. The van der Waals surface area contributed by atoms with Crippen LogP contribution in [0.25, 0.3) is 0 Å². The third-order valence-electron chi connectivity index (χ3n) is 13.0. The van der Waals surface area contributed by atoms with Crippen molar-refractivity contribution in [2.75, 3.05) is 0 Å². The first-order valence-corrected chi connectivity index (χ1v) is 30.2. The van der Waals surface area contributed by atoms with E-state index in [2.05, 4.69) is 170 Å². The topological polar surface area (TPSA) is 114 Å². The minimum absolute atomic E-state index is 0.0278. The van der Waals surface area contributed by atoms with Crippen LogP contribution in [0.15, 0.2) is 233 Å². The predicted octanol–water partition coefficient (Wildman–Crippen LogP) is 15.8. The second kappa shape index (κ2) is 27.3. The van der Waals surface area contributed by atoms with E-state index in [4.69, 9.17) is 0 Å². The van der Waals surface area contributed by atoms with Crippen LogP contribution in [0.1, 0.15) is 92.7 Å². The first-order valence-electron chi connectivity index (χ1n) is 24.9. The maximum absolute atomic E-state index is 12.6. The number of hydrogen-bond donors (Lipinski definition) is 0. The predicted molar refractivity (Wildman–Crippen MR) is 288 cm³/mol. The lowest BCUT2D eigenvalue weighted by molar-refractivity contribution is 0.350. The molecule has 2 fully saturated rings. The normalized spacial score (nSPS) is 14.1. The van der Waals surface area contributed by atoms with Crippen LogP contribution in [0.5, 0.6) is 0 Å². The van der Waals surface area contributed by atoms with Gasteiger partial charge in [0, 0.05) is 0 Å². The van der Waals surface area contributed by atoms with E-state index >= 15 is 0 Å². The molecule has 0 aliphatic heterocycles. The average Bonchev–Trinajstić information content (AvgIpc) is 3.45. The van der Waals surface area contributed by atoms with Crippen LogP contribution in [0.4, 0.5) is 22.0 Å². The van der Waals surface area contributed by atoms with Crippen molar-refractivity contribution >= 4 is 42.0 Å². The average molecular weight is 1110 g/mol. The second-order valence-corrected chi connectivity index (χ2v) is 25.0. The first-order chi connectivity index (χ1) is 36.5. The standard InChI is InChI=1S/2C24H25S.C7H8O3S.C6HF5O3S/c2*1-4-10-20(11-5-1)21-16-18-24(19-17-21)25(22-12-6-2-7-13-22)23-14-8-3-9-15-23;1-6-2-4-7(5-3-6)11(8,9)10;7-1-2(8)4(10)6(15(12,13)14)5(11)3(1)9/h2*2-3,6-9,12-20H,1,4-5,10-11H2;2-5H,1H3,(H,8,9,10);(H,12,13,14)/q2*+1;;/p-2. The Morgan fingerprint density at radius 2 is 0.632 bits per heavy atom. The third kappa shape index (κ3) is 15.5. The minimum atomic E-state index is -5.77. The number of aryl methyl sites for hydroxylation is 1. The molecule has 0 unspecified atom stereocenters. The minimum Gasteiger partial charge on any atom is -0.744 e. The van der Waals surface area contributed by atoms with Gasteiger partial charge in [0.2, 0.25) is 5.82 Å². The van der Waals surface area contributed by atoms with Crippen LogP contribution in [0.2, 0.25) is 0 Å². The molecule has 0 N–H and O–H groups in total. The molecule has 76 heavy (non-hydrogen) atoms. The van der Waals surface area contributed by atoms with Crippen molar-refractivity contribution in [3.63, 3.8) is 0 Å². The maximum Gasteiger partial charge on any atom is 0.200 e. The molecule has 0 saturated heterocycles. The Morgan fingerprint density at radius 3 is 0.908 bits per heavy atom. The lowest BCUT2D eigenvalue weighted by Crippen LogP contribution is -2.12. The molecule has 0 aromatic heterocycles. The van der Waals surface area contributed by atoms with Gasteiger partial charge in [0.15, 0.2) is 52.6 Å². The first kappa shape index (κ1) is 57.6. The third-order valence-corrected chi connectivity index (χ3v) is 19.2. The van der Waals surface area contributed by atoms with Crippen LogP contribution in [-0.2, 0) is 42.0 Å². The van der Waals surface area contributed by atoms with Crippen LogP contribution in [-0.4, -0.2) is 25.9 Å². The Morgan fingerprint density at radius 1 is 0.355 bits per heavy atom. The Labute approximate surface area is 449 Å². The summed E-state index contributed by atoms with van der Waals surface area (Å²) in [7, 11) is -10.1. The monoisotopic (exact) mass is 1110 g/mol. The summed E-state index contributed by atoms with van der Waals surface area (Å²) in [4.78, 5) is 5.83. The van der Waals surface area contributed by atoms with Gasteiger partial charge in [0.25, 0.3) is 0 Å². The zero-order valence-corrected chi connectivity index (χ0v) is 44.9. The summed E-state index contributed by atoms with van der Waals surface area (Å²) >= 11 is 0. The van der Waals surface area contributed by atoms with Crippen LogP contribution < -0.4 is 0 Å². The molecular weight excluding hydrogens is 1050 g/mol. The molecule has 6 nitrogen and oxygen atoms in total. The maximum atomic E-state index is 12.6. The zero-order valence-electron chi connectivity index (χ0n) is 41.7. The van der Waals surface area contributed by atoms with E-state index in [1.807, 2.05) is 6.92 Å². The molecule has 15 heteroatoms. The van der Waals surface area contributed by atoms with Crippen LogP contribution in [0, 0.1) is 36.0 Å². The summed E-state index contributed by atoms with van der Waals surface area (Å²) in [5.41, 5.74) is 4.00. The quantitative estimate of drug-likeness (QED) is 0.0443. The van der Waals surface area contributed by atoms with E-state index in [0.717, 1.165) is 17.4 Å². The molecule has 0 bridgehead atoms. The summed E-state index contributed by atoms with van der Waals surface area (Å²) < 4.78 is 124. The van der Waals surface area contributed by atoms with Crippen molar-refractivity contribution < 1.29 is 47.9 Å². The van der Waals surface area contributed by atoms with E-state index < -0.39 is 54.2 Å². The Kier molecular flexibility index (Phi) is 20.7. The van der Waals surface area contributed by atoms with Crippen LogP contribution >= 0.6 is 0 Å². The Hall–Kier alpha value is -6.07. The van der Waals surface area contributed by atoms with Crippen molar-refractivity contribution in [2.24, 2.45) is 0 Å². The molecule has 2 saturated carbocycles. The summed E-state index contributed by atoms with van der Waals surface area (Å²) in [5, 5.41) is 0. The van der Waals surface area contributed by atoms with Gasteiger partial charge in [-0.05, 0) is 140 Å². The highest BCUT2D eigenvalue weighted by molar-refractivity contribution is 7.97. The van der Waals surface area contributed by atoms with Gasteiger partial charge in [-0.1, -0.05) is 153 Å². The largest absolute Gasteiger partial charge is 0.744 e. The molecule has 0 spiro atoms. The highest BCUT2D eigenvalue weighted by Crippen LogP contribution is 2.38. The number of halogens is 5. The Bertz CT molecular complexity index is 3060. The second-order valence-electron chi connectivity index (χ2n) is 18.3. The molecule has 2 aliphatic carbocycles. The fraction of sp³-hybridized carbons (Fsp3) is 0.213. The smallest absolute Gasteiger partial charge is 0.200 e. The molecule has 2 aliphatic rings. The van der Waals surface area contributed by atoms with Gasteiger partial charge in [0.1, 0.15) is 25.1 Å². The van der Waals surface area contributed by atoms with Gasteiger partial charge in [-0.3, -0.25) is 0 Å². The fourth-order valence-electron chi connectivity index (χ4n) is 9.18. The van der Waals surface area contributed by atoms with E-state index in [0.29, 0.717) is 0 Å². The summed E-state index contributed by atoms with van der Waals surface area (Å²) in [6.07, 6.45) is 13.9. The molecule has 0 heterocycles. The van der Waals surface area contributed by atoms with Crippen molar-refractivity contribution in [3.05, 3.63) is 240 Å². The van der Waals surface area contributed by atoms with Crippen molar-refractivity contribution in [3.8, 4) is 0 Å². The molecule has 8 aromatic rings. The highest BCUT2D eigenvalue weighted by Gasteiger charge is 2.31. The molecule has 8 aromatic carbocycles. The molecular formula is C61H57F5O6S4. The van der Waals surface area contributed by atoms with Crippen molar-refractivity contribution in [1.29, 1.82) is 0 Å². The summed E-state index contributed by atoms with van der Waals surface area (Å²) in [6.45, 7) is 1.82. The fourth-order valence-corrected chi connectivity index (χ4v) is 14.4. The zero-order chi connectivity index (χ0) is 54.2. The van der Waals surface area contributed by atoms with Crippen molar-refractivity contribution in [1.82, 2.24) is 0 Å². The lowest BCUT2D eigenvalue weighted by atomic mass is 9.84. The number of benzene rings is 8. The molecule has 10 rings (SSSR count). The van der Waals surface area contributed by atoms with Gasteiger partial charge in [-0.15, -0.1) is 0 Å². The van der Waals surface area contributed by atoms with E-state index in [-0.39, 0.29) is 26.7 Å². The van der Waals surface area contributed by atoms with Gasteiger partial charge in [0.05, 0.1) is 26.7 Å². The van der Waals surface area contributed by atoms with Crippen molar-refractivity contribution in [2.45, 2.75) is 122 Å². The summed E-state index contributed by atoms with van der Waals surface area (Å²) in [5.74, 6) is -11.3. The van der Waals surface area contributed by atoms with E-state index in [1.54, 1.807) is 12.1 Å². The van der Waals surface area contributed by atoms with E-state index in [1.165, 1.54) is 117 Å².